The average molecular weight is 320 g/mol. The van der Waals surface area contributed by atoms with Crippen molar-refractivity contribution in [1.82, 2.24) is 0 Å². The zero-order chi connectivity index (χ0) is 16.2. The van der Waals surface area contributed by atoms with E-state index in [0.717, 1.165) is 48.9 Å². The van der Waals surface area contributed by atoms with Crippen molar-refractivity contribution in [3.8, 4) is 0 Å². The molecule has 0 radical (unpaired) electrons. The Morgan fingerprint density at radius 3 is 2.57 bits per heavy atom. The van der Waals surface area contributed by atoms with Crippen molar-refractivity contribution in [3.05, 3.63) is 0 Å². The largest absolute Gasteiger partial charge is 0.462 e. The second-order valence-corrected chi connectivity index (χ2v) is 9.12. The van der Waals surface area contributed by atoms with Crippen molar-refractivity contribution < 1.29 is 14.6 Å². The van der Waals surface area contributed by atoms with Crippen LogP contribution in [-0.2, 0) is 9.53 Å². The Morgan fingerprint density at radius 2 is 1.78 bits per heavy atom. The number of carbonyl (C=O) groups is 1. The number of esters is 1. The van der Waals surface area contributed by atoms with Gasteiger partial charge in [0.25, 0.3) is 0 Å². The van der Waals surface area contributed by atoms with Crippen LogP contribution in [0.25, 0.3) is 0 Å². The van der Waals surface area contributed by atoms with E-state index in [1.807, 2.05) is 0 Å². The quantitative estimate of drug-likeness (QED) is 0.745. The SMILES string of the molecule is CC(=O)O[C@H]1CCC2C3CC[C@H]4C[C@@H](O)CCC4C3CCC21C. The molecule has 5 unspecified atom stereocenters. The molecule has 0 aromatic rings. The number of carbonyl (C=O) groups excluding carboxylic acids is 1. The third-order valence-electron chi connectivity index (χ3n) is 8.15. The van der Waals surface area contributed by atoms with Gasteiger partial charge in [-0.2, -0.15) is 0 Å². The first kappa shape index (κ1) is 15.9. The predicted octanol–water partition coefficient (Wildman–Crippen LogP) is 3.93. The fraction of sp³-hybridized carbons (Fsp3) is 0.950. The zero-order valence-corrected chi connectivity index (χ0v) is 14.7. The molecule has 4 aliphatic rings. The van der Waals surface area contributed by atoms with Gasteiger partial charge in [-0.1, -0.05) is 6.92 Å². The third kappa shape index (κ3) is 2.54. The molecule has 0 aromatic carbocycles. The van der Waals surface area contributed by atoms with E-state index < -0.39 is 0 Å². The standard InChI is InChI=1S/C20H32O3/c1-12(21)23-19-8-7-18-17-5-3-13-11-14(22)4-6-15(13)16(17)9-10-20(18,19)2/h13-19,22H,3-11H2,1-2H3/t13-,14-,15?,16?,17?,18?,19-,20?/m0/s1. The maximum atomic E-state index is 11.5. The average Bonchev–Trinajstić information content (AvgIpc) is 2.83. The van der Waals surface area contributed by atoms with Crippen molar-refractivity contribution in [2.75, 3.05) is 0 Å². The van der Waals surface area contributed by atoms with Crippen LogP contribution in [0.3, 0.4) is 0 Å². The molecule has 8 atom stereocenters. The Kier molecular flexibility index (Phi) is 3.98. The molecule has 4 aliphatic carbocycles. The summed E-state index contributed by atoms with van der Waals surface area (Å²) in [5.41, 5.74) is 0.216. The lowest BCUT2D eigenvalue weighted by molar-refractivity contribution is -0.157. The van der Waals surface area contributed by atoms with Crippen molar-refractivity contribution in [2.45, 2.75) is 83.8 Å². The van der Waals surface area contributed by atoms with Crippen LogP contribution in [0, 0.1) is 35.0 Å². The van der Waals surface area contributed by atoms with E-state index in [4.69, 9.17) is 4.74 Å². The number of hydrogen-bond acceptors (Lipinski definition) is 3. The van der Waals surface area contributed by atoms with E-state index in [1.165, 1.54) is 38.5 Å². The molecule has 0 amide bonds. The minimum atomic E-state index is -0.107. The molecule has 0 bridgehead atoms. The zero-order valence-electron chi connectivity index (χ0n) is 14.7. The fourth-order valence-electron chi connectivity index (χ4n) is 7.17. The van der Waals surface area contributed by atoms with E-state index >= 15 is 0 Å². The summed E-state index contributed by atoms with van der Waals surface area (Å²) in [5.74, 6) is 3.98. The summed E-state index contributed by atoms with van der Waals surface area (Å²) >= 11 is 0. The summed E-state index contributed by atoms with van der Waals surface area (Å²) in [4.78, 5) is 11.5. The molecule has 1 N–H and O–H groups in total. The lowest BCUT2D eigenvalue weighted by Gasteiger charge is -2.55. The van der Waals surface area contributed by atoms with Gasteiger partial charge in [0.05, 0.1) is 6.10 Å². The van der Waals surface area contributed by atoms with Gasteiger partial charge >= 0.3 is 5.97 Å². The third-order valence-corrected chi connectivity index (χ3v) is 8.15. The van der Waals surface area contributed by atoms with Crippen LogP contribution in [0.1, 0.15) is 71.6 Å². The Balaban J connectivity index is 1.52. The van der Waals surface area contributed by atoms with Gasteiger partial charge in [-0.05, 0) is 87.4 Å². The van der Waals surface area contributed by atoms with Gasteiger partial charge in [0.1, 0.15) is 6.10 Å². The lowest BCUT2D eigenvalue weighted by Crippen LogP contribution is -2.50. The summed E-state index contributed by atoms with van der Waals surface area (Å²) in [6, 6.07) is 0. The van der Waals surface area contributed by atoms with Gasteiger partial charge in [-0.25, -0.2) is 0 Å². The smallest absolute Gasteiger partial charge is 0.302 e. The molecule has 0 aromatic heterocycles. The van der Waals surface area contributed by atoms with Crippen LogP contribution in [0.4, 0.5) is 0 Å². The number of rotatable bonds is 1. The second kappa shape index (κ2) is 5.75. The van der Waals surface area contributed by atoms with Crippen LogP contribution in [0.2, 0.25) is 0 Å². The Labute approximate surface area is 140 Å². The summed E-state index contributed by atoms with van der Waals surface area (Å²) in [5, 5.41) is 10.0. The lowest BCUT2D eigenvalue weighted by atomic mass is 9.50. The van der Waals surface area contributed by atoms with Crippen molar-refractivity contribution in [3.63, 3.8) is 0 Å². The topological polar surface area (TPSA) is 46.5 Å². The van der Waals surface area contributed by atoms with Crippen LogP contribution >= 0.6 is 0 Å². The first-order valence-electron chi connectivity index (χ1n) is 9.84. The highest BCUT2D eigenvalue weighted by molar-refractivity contribution is 5.66. The minimum Gasteiger partial charge on any atom is -0.462 e. The van der Waals surface area contributed by atoms with E-state index in [0.29, 0.717) is 0 Å². The molecular weight excluding hydrogens is 288 g/mol. The van der Waals surface area contributed by atoms with Gasteiger partial charge in [-0.15, -0.1) is 0 Å². The molecule has 0 saturated heterocycles. The summed E-state index contributed by atoms with van der Waals surface area (Å²) in [6.07, 6.45) is 10.9. The summed E-state index contributed by atoms with van der Waals surface area (Å²) < 4.78 is 5.71. The molecule has 23 heavy (non-hydrogen) atoms. The molecule has 3 heteroatoms. The number of aliphatic hydroxyl groups excluding tert-OH is 1. The van der Waals surface area contributed by atoms with E-state index in [9.17, 15) is 9.90 Å². The maximum Gasteiger partial charge on any atom is 0.302 e. The van der Waals surface area contributed by atoms with Crippen LogP contribution in [-0.4, -0.2) is 23.3 Å². The number of aliphatic hydroxyl groups is 1. The van der Waals surface area contributed by atoms with Crippen molar-refractivity contribution in [1.29, 1.82) is 0 Å². The van der Waals surface area contributed by atoms with Gasteiger partial charge in [0.15, 0.2) is 0 Å². The molecule has 4 fully saturated rings. The van der Waals surface area contributed by atoms with Crippen LogP contribution < -0.4 is 0 Å². The monoisotopic (exact) mass is 320 g/mol. The summed E-state index contributed by atoms with van der Waals surface area (Å²) in [7, 11) is 0. The van der Waals surface area contributed by atoms with Gasteiger partial charge in [0.2, 0.25) is 0 Å². The highest BCUT2D eigenvalue weighted by atomic mass is 16.5. The second-order valence-electron chi connectivity index (χ2n) is 9.12. The first-order valence-corrected chi connectivity index (χ1v) is 9.84. The molecular formula is C20H32O3. The fourth-order valence-corrected chi connectivity index (χ4v) is 7.17. The number of ether oxygens (including phenoxy) is 1. The highest BCUT2D eigenvalue weighted by Gasteiger charge is 2.58. The molecule has 0 spiro atoms. The normalized spacial score (nSPS) is 52.2. The van der Waals surface area contributed by atoms with Gasteiger partial charge in [-0.3, -0.25) is 4.79 Å². The molecule has 4 saturated carbocycles. The van der Waals surface area contributed by atoms with E-state index in [1.54, 1.807) is 6.92 Å². The Hall–Kier alpha value is -0.570. The Morgan fingerprint density at radius 1 is 1.00 bits per heavy atom. The van der Waals surface area contributed by atoms with Crippen molar-refractivity contribution >= 4 is 5.97 Å². The van der Waals surface area contributed by atoms with Crippen LogP contribution in [0.5, 0.6) is 0 Å². The van der Waals surface area contributed by atoms with Crippen LogP contribution in [0.15, 0.2) is 0 Å². The highest BCUT2D eigenvalue weighted by Crippen LogP contribution is 2.62. The predicted molar refractivity (Wildman–Crippen MR) is 88.7 cm³/mol. The Bertz CT molecular complexity index is 476. The summed E-state index contributed by atoms with van der Waals surface area (Å²) in [6.45, 7) is 3.95. The number of fused-ring (bicyclic) bond motifs is 5. The molecule has 0 aliphatic heterocycles. The van der Waals surface area contributed by atoms with E-state index in [2.05, 4.69) is 6.92 Å². The van der Waals surface area contributed by atoms with E-state index in [-0.39, 0.29) is 23.6 Å². The number of hydrogen-bond donors (Lipinski definition) is 1. The minimum absolute atomic E-state index is 0.0403. The first-order chi connectivity index (χ1) is 11.0. The van der Waals surface area contributed by atoms with Gasteiger partial charge in [0, 0.05) is 12.3 Å². The molecule has 0 heterocycles. The molecule has 4 rings (SSSR count). The maximum absolute atomic E-state index is 11.5. The van der Waals surface area contributed by atoms with Gasteiger partial charge < -0.3 is 9.84 Å². The molecule has 130 valence electrons. The molecule has 3 nitrogen and oxygen atoms in total. The van der Waals surface area contributed by atoms with Crippen molar-refractivity contribution in [2.24, 2.45) is 35.0 Å².